The Bertz CT molecular complexity index is 777. The molecular formula is C18H19F3N4O. The second-order valence-corrected chi connectivity index (χ2v) is 6.46. The molecule has 1 aromatic heterocycles. The highest BCUT2D eigenvalue weighted by atomic mass is 19.4. The van der Waals surface area contributed by atoms with Gasteiger partial charge in [0.15, 0.2) is 0 Å². The van der Waals surface area contributed by atoms with E-state index in [9.17, 15) is 18.0 Å². The topological polar surface area (TPSA) is 58.1 Å². The number of nitrogens with one attached hydrogen (secondary N) is 1. The molecule has 138 valence electrons. The van der Waals surface area contributed by atoms with Gasteiger partial charge in [0.2, 0.25) is 5.95 Å². The first-order chi connectivity index (χ1) is 12.3. The summed E-state index contributed by atoms with van der Waals surface area (Å²) in [6, 6.07) is 4.84. The number of piperidine rings is 1. The molecule has 0 spiro atoms. The summed E-state index contributed by atoms with van der Waals surface area (Å²) in [4.78, 5) is 22.7. The summed E-state index contributed by atoms with van der Waals surface area (Å²) in [5.41, 5.74) is -1.08. The molecule has 3 rings (SSSR count). The SMILES string of the molecule is CC1CCCN(c2ncc(C(=O)Nc3ccccc3C(F)(F)F)cn2)C1. The second kappa shape index (κ2) is 7.31. The van der Waals surface area contributed by atoms with E-state index in [1.165, 1.54) is 30.6 Å². The van der Waals surface area contributed by atoms with Gasteiger partial charge < -0.3 is 10.2 Å². The van der Waals surface area contributed by atoms with Crippen molar-refractivity contribution in [3.8, 4) is 0 Å². The van der Waals surface area contributed by atoms with Crippen LogP contribution in [0.25, 0.3) is 0 Å². The molecule has 0 saturated carbocycles. The fraction of sp³-hybridized carbons (Fsp3) is 0.389. The van der Waals surface area contributed by atoms with Gasteiger partial charge in [-0.05, 0) is 30.9 Å². The number of amides is 1. The van der Waals surface area contributed by atoms with E-state index in [0.29, 0.717) is 11.9 Å². The van der Waals surface area contributed by atoms with E-state index in [1.54, 1.807) is 0 Å². The first-order valence-electron chi connectivity index (χ1n) is 8.39. The third kappa shape index (κ3) is 4.12. The van der Waals surface area contributed by atoms with Crippen LogP contribution in [0.2, 0.25) is 0 Å². The summed E-state index contributed by atoms with van der Waals surface area (Å²) < 4.78 is 39.0. The number of hydrogen-bond donors (Lipinski definition) is 1. The maximum Gasteiger partial charge on any atom is 0.418 e. The van der Waals surface area contributed by atoms with Gasteiger partial charge in [-0.25, -0.2) is 9.97 Å². The molecule has 1 atom stereocenters. The minimum Gasteiger partial charge on any atom is -0.341 e. The van der Waals surface area contributed by atoms with E-state index in [-0.39, 0.29) is 11.3 Å². The summed E-state index contributed by atoms with van der Waals surface area (Å²) >= 11 is 0. The molecule has 1 aliphatic rings. The molecule has 1 amide bonds. The van der Waals surface area contributed by atoms with E-state index in [4.69, 9.17) is 0 Å². The van der Waals surface area contributed by atoms with Crippen molar-refractivity contribution in [1.82, 2.24) is 9.97 Å². The fourth-order valence-electron chi connectivity index (χ4n) is 3.01. The number of benzene rings is 1. The van der Waals surface area contributed by atoms with Crippen molar-refractivity contribution in [3.63, 3.8) is 0 Å². The number of alkyl halides is 3. The van der Waals surface area contributed by atoms with E-state index in [0.717, 1.165) is 32.0 Å². The number of halogens is 3. The lowest BCUT2D eigenvalue weighted by atomic mass is 10.0. The number of carbonyl (C=O) groups excluding carboxylic acids is 1. The number of nitrogens with zero attached hydrogens (tertiary/aromatic N) is 3. The molecule has 5 nitrogen and oxygen atoms in total. The van der Waals surface area contributed by atoms with Gasteiger partial charge in [-0.2, -0.15) is 13.2 Å². The maximum atomic E-state index is 13.0. The van der Waals surface area contributed by atoms with Crippen molar-refractivity contribution in [2.75, 3.05) is 23.3 Å². The zero-order chi connectivity index (χ0) is 18.7. The van der Waals surface area contributed by atoms with Gasteiger partial charge >= 0.3 is 6.18 Å². The standard InChI is InChI=1S/C18H19F3N4O/c1-12-5-4-8-25(11-12)17-22-9-13(10-23-17)16(26)24-15-7-3-2-6-14(15)18(19,20)21/h2-3,6-7,9-10,12H,4-5,8,11H2,1H3,(H,24,26). The summed E-state index contributed by atoms with van der Waals surface area (Å²) in [6.07, 6.45) is 0.353. The summed E-state index contributed by atoms with van der Waals surface area (Å²) in [6.45, 7) is 3.87. The molecule has 2 aromatic rings. The molecule has 2 heterocycles. The third-order valence-electron chi connectivity index (χ3n) is 4.32. The zero-order valence-electron chi connectivity index (χ0n) is 14.3. The highest BCUT2D eigenvalue weighted by Gasteiger charge is 2.33. The van der Waals surface area contributed by atoms with Crippen LogP contribution < -0.4 is 10.2 Å². The second-order valence-electron chi connectivity index (χ2n) is 6.46. The van der Waals surface area contributed by atoms with Crippen LogP contribution in [-0.2, 0) is 6.18 Å². The van der Waals surface area contributed by atoms with Crippen LogP contribution in [0, 0.1) is 5.92 Å². The van der Waals surface area contributed by atoms with Gasteiger partial charge in [-0.1, -0.05) is 19.1 Å². The maximum absolute atomic E-state index is 13.0. The fourth-order valence-corrected chi connectivity index (χ4v) is 3.01. The van der Waals surface area contributed by atoms with Gasteiger partial charge in [0.05, 0.1) is 16.8 Å². The molecule has 1 unspecified atom stereocenters. The average Bonchev–Trinajstić information content (AvgIpc) is 2.61. The lowest BCUT2D eigenvalue weighted by Gasteiger charge is -2.30. The van der Waals surface area contributed by atoms with Gasteiger partial charge in [-0.3, -0.25) is 4.79 Å². The molecule has 1 N–H and O–H groups in total. The minimum atomic E-state index is -4.55. The number of aromatic nitrogens is 2. The van der Waals surface area contributed by atoms with E-state index >= 15 is 0 Å². The Morgan fingerprint density at radius 2 is 1.92 bits per heavy atom. The number of hydrogen-bond acceptors (Lipinski definition) is 4. The Morgan fingerprint density at radius 1 is 1.23 bits per heavy atom. The number of carbonyl (C=O) groups is 1. The first kappa shape index (κ1) is 18.2. The van der Waals surface area contributed by atoms with Crippen molar-refractivity contribution >= 4 is 17.5 Å². The highest BCUT2D eigenvalue weighted by molar-refractivity contribution is 6.04. The van der Waals surface area contributed by atoms with Crippen molar-refractivity contribution in [2.24, 2.45) is 5.92 Å². The first-order valence-corrected chi connectivity index (χ1v) is 8.39. The molecule has 1 aliphatic heterocycles. The molecule has 0 aliphatic carbocycles. The van der Waals surface area contributed by atoms with Gasteiger partial charge in [-0.15, -0.1) is 0 Å². The van der Waals surface area contributed by atoms with Crippen LogP contribution in [0.4, 0.5) is 24.8 Å². The van der Waals surface area contributed by atoms with Crippen molar-refractivity contribution in [3.05, 3.63) is 47.8 Å². The largest absolute Gasteiger partial charge is 0.418 e. The zero-order valence-corrected chi connectivity index (χ0v) is 14.3. The summed E-state index contributed by atoms with van der Waals surface area (Å²) in [5.74, 6) is 0.401. The predicted octanol–water partition coefficient (Wildman–Crippen LogP) is 3.98. The van der Waals surface area contributed by atoms with Crippen molar-refractivity contribution < 1.29 is 18.0 Å². The third-order valence-corrected chi connectivity index (χ3v) is 4.32. The summed E-state index contributed by atoms with van der Waals surface area (Å²) in [7, 11) is 0. The molecule has 1 fully saturated rings. The Kier molecular flexibility index (Phi) is 5.11. The Balaban J connectivity index is 1.73. The van der Waals surface area contributed by atoms with Gasteiger partial charge in [0.1, 0.15) is 0 Å². The van der Waals surface area contributed by atoms with Crippen molar-refractivity contribution in [1.29, 1.82) is 0 Å². The number of rotatable bonds is 3. The molecule has 1 aromatic carbocycles. The Hall–Kier alpha value is -2.64. The van der Waals surface area contributed by atoms with Crippen LogP contribution in [0.15, 0.2) is 36.7 Å². The predicted molar refractivity (Wildman–Crippen MR) is 92.0 cm³/mol. The quantitative estimate of drug-likeness (QED) is 0.895. The smallest absolute Gasteiger partial charge is 0.341 e. The van der Waals surface area contributed by atoms with Crippen LogP contribution in [0.5, 0.6) is 0 Å². The van der Waals surface area contributed by atoms with Crippen LogP contribution in [0.1, 0.15) is 35.7 Å². The summed E-state index contributed by atoms with van der Waals surface area (Å²) in [5, 5.41) is 2.29. The molecule has 1 saturated heterocycles. The lowest BCUT2D eigenvalue weighted by Crippen LogP contribution is -2.35. The average molecular weight is 364 g/mol. The highest BCUT2D eigenvalue weighted by Crippen LogP contribution is 2.34. The number of para-hydroxylation sites is 1. The van der Waals surface area contributed by atoms with Gasteiger partial charge in [0, 0.05) is 25.5 Å². The molecule has 8 heteroatoms. The lowest BCUT2D eigenvalue weighted by molar-refractivity contribution is -0.136. The van der Waals surface area contributed by atoms with Gasteiger partial charge in [0.25, 0.3) is 5.91 Å². The monoisotopic (exact) mass is 364 g/mol. The molecule has 0 radical (unpaired) electrons. The molecule has 0 bridgehead atoms. The van der Waals surface area contributed by atoms with E-state index in [1.807, 2.05) is 0 Å². The van der Waals surface area contributed by atoms with Crippen LogP contribution in [-0.4, -0.2) is 29.0 Å². The molecular weight excluding hydrogens is 345 g/mol. The normalized spacial score (nSPS) is 17.8. The van der Waals surface area contributed by atoms with Crippen LogP contribution >= 0.6 is 0 Å². The number of anilines is 2. The Morgan fingerprint density at radius 3 is 2.58 bits per heavy atom. The van der Waals surface area contributed by atoms with E-state index in [2.05, 4.69) is 27.1 Å². The molecule has 26 heavy (non-hydrogen) atoms. The van der Waals surface area contributed by atoms with E-state index < -0.39 is 17.6 Å². The minimum absolute atomic E-state index is 0.107. The van der Waals surface area contributed by atoms with Crippen LogP contribution in [0.3, 0.4) is 0 Å². The Labute approximate surface area is 149 Å². The van der Waals surface area contributed by atoms with Crippen molar-refractivity contribution in [2.45, 2.75) is 25.9 Å².